The van der Waals surface area contributed by atoms with Gasteiger partial charge >= 0.3 is 5.97 Å². The molecule has 11 heavy (non-hydrogen) atoms. The Hall–Kier alpha value is -0.650. The lowest BCUT2D eigenvalue weighted by molar-refractivity contribution is -0.142. The van der Waals surface area contributed by atoms with Crippen LogP contribution in [0.15, 0.2) is 0 Å². The van der Waals surface area contributed by atoms with E-state index in [0.717, 1.165) is 0 Å². The van der Waals surface area contributed by atoms with Crippen LogP contribution in [0.4, 0.5) is 0 Å². The van der Waals surface area contributed by atoms with E-state index in [1.165, 1.54) is 7.11 Å². The number of hydrogen-bond acceptors (Lipinski definition) is 4. The second kappa shape index (κ2) is 5.06. The third kappa shape index (κ3) is 3.92. The molecule has 5 heteroatoms. The van der Waals surface area contributed by atoms with Crippen LogP contribution in [0.5, 0.6) is 0 Å². The first-order valence-electron chi connectivity index (χ1n) is 3.36. The first-order chi connectivity index (χ1) is 5.09. The summed E-state index contributed by atoms with van der Waals surface area (Å²) in [6, 6.07) is -0.630. The van der Waals surface area contributed by atoms with Crippen molar-refractivity contribution in [3.05, 3.63) is 0 Å². The van der Waals surface area contributed by atoms with E-state index in [2.05, 4.69) is 15.9 Å². The van der Waals surface area contributed by atoms with Gasteiger partial charge in [-0.1, -0.05) is 13.8 Å². The van der Waals surface area contributed by atoms with E-state index < -0.39 is 12.0 Å². The number of aliphatic carboxylic acids is 1. The zero-order chi connectivity index (χ0) is 8.85. The number of rotatable bonds is 5. The fraction of sp³-hybridized carbons (Fsp3) is 0.833. The molecule has 0 rings (SSSR count). The third-order valence-corrected chi connectivity index (χ3v) is 1.25. The van der Waals surface area contributed by atoms with Gasteiger partial charge in [-0.25, -0.2) is 5.43 Å². The van der Waals surface area contributed by atoms with E-state index in [4.69, 9.17) is 5.11 Å². The molecule has 1 atom stereocenters. The van der Waals surface area contributed by atoms with E-state index in [1.54, 1.807) is 0 Å². The van der Waals surface area contributed by atoms with Crippen molar-refractivity contribution in [2.75, 3.05) is 7.11 Å². The third-order valence-electron chi connectivity index (χ3n) is 1.25. The normalized spacial score (nSPS) is 13.5. The molecule has 3 N–H and O–H groups in total. The van der Waals surface area contributed by atoms with Gasteiger partial charge in [-0.05, 0) is 5.92 Å². The van der Waals surface area contributed by atoms with E-state index in [9.17, 15) is 4.79 Å². The van der Waals surface area contributed by atoms with Crippen LogP contribution in [0.3, 0.4) is 0 Å². The minimum Gasteiger partial charge on any atom is -0.480 e. The first kappa shape index (κ1) is 10.3. The van der Waals surface area contributed by atoms with Gasteiger partial charge in [-0.2, -0.15) is 0 Å². The van der Waals surface area contributed by atoms with Crippen molar-refractivity contribution >= 4 is 5.97 Å². The number of carbonyl (C=O) groups is 1. The fourth-order valence-corrected chi connectivity index (χ4v) is 0.636. The largest absolute Gasteiger partial charge is 0.480 e. The summed E-state index contributed by atoms with van der Waals surface area (Å²) in [5.74, 6) is -0.889. The predicted molar refractivity (Wildman–Crippen MR) is 39.5 cm³/mol. The second-order valence-electron chi connectivity index (χ2n) is 2.51. The van der Waals surface area contributed by atoms with Crippen molar-refractivity contribution in [2.45, 2.75) is 19.9 Å². The van der Waals surface area contributed by atoms with Crippen molar-refractivity contribution < 1.29 is 14.7 Å². The molecule has 0 aromatic rings. The highest BCUT2D eigenvalue weighted by Crippen LogP contribution is 1.99. The Morgan fingerprint density at radius 2 is 2.09 bits per heavy atom. The summed E-state index contributed by atoms with van der Waals surface area (Å²) in [6.07, 6.45) is 0. The van der Waals surface area contributed by atoms with Gasteiger partial charge in [0.1, 0.15) is 6.04 Å². The summed E-state index contributed by atoms with van der Waals surface area (Å²) in [5, 5.41) is 8.61. The maximum Gasteiger partial charge on any atom is 0.322 e. The predicted octanol–water partition coefficient (Wildman–Crippen LogP) is -0.249. The van der Waals surface area contributed by atoms with Gasteiger partial charge < -0.3 is 5.11 Å². The Kier molecular flexibility index (Phi) is 4.76. The van der Waals surface area contributed by atoms with Gasteiger partial charge in [-0.15, -0.1) is 5.59 Å². The molecule has 66 valence electrons. The van der Waals surface area contributed by atoms with Crippen LogP contribution in [0.1, 0.15) is 13.8 Å². The number of carboxylic acid groups (broad SMARTS) is 1. The van der Waals surface area contributed by atoms with Crippen LogP contribution in [0.25, 0.3) is 0 Å². The standard InChI is InChI=1S/C6H14N2O3/c1-4(2)5(6(9)10)7-8-11-3/h4-5,7-8H,1-3H3,(H,9,10). The van der Waals surface area contributed by atoms with Crippen LogP contribution in [0, 0.1) is 5.92 Å². The van der Waals surface area contributed by atoms with Crippen LogP contribution in [0.2, 0.25) is 0 Å². The van der Waals surface area contributed by atoms with Gasteiger partial charge in [0, 0.05) is 0 Å². The van der Waals surface area contributed by atoms with Gasteiger partial charge in [0.2, 0.25) is 0 Å². The molecule has 0 spiro atoms. The zero-order valence-electron chi connectivity index (χ0n) is 6.92. The monoisotopic (exact) mass is 162 g/mol. The quantitative estimate of drug-likeness (QED) is 0.486. The Bertz CT molecular complexity index is 127. The Morgan fingerprint density at radius 1 is 1.55 bits per heavy atom. The Labute approximate surface area is 65.7 Å². The topological polar surface area (TPSA) is 70.6 Å². The molecule has 0 aliphatic rings. The van der Waals surface area contributed by atoms with Crippen molar-refractivity contribution in [1.29, 1.82) is 0 Å². The Balaban J connectivity index is 3.80. The second-order valence-corrected chi connectivity index (χ2v) is 2.51. The van der Waals surface area contributed by atoms with Crippen LogP contribution in [-0.4, -0.2) is 24.2 Å². The van der Waals surface area contributed by atoms with Gasteiger partial charge in [0.05, 0.1) is 7.11 Å². The van der Waals surface area contributed by atoms with Crippen molar-refractivity contribution in [3.8, 4) is 0 Å². The number of hydrazine groups is 1. The van der Waals surface area contributed by atoms with E-state index in [0.29, 0.717) is 0 Å². The zero-order valence-corrected chi connectivity index (χ0v) is 6.92. The highest BCUT2D eigenvalue weighted by atomic mass is 16.7. The molecule has 0 heterocycles. The highest BCUT2D eigenvalue weighted by Gasteiger charge is 2.20. The van der Waals surface area contributed by atoms with Crippen LogP contribution >= 0.6 is 0 Å². The highest BCUT2D eigenvalue weighted by molar-refractivity contribution is 5.73. The van der Waals surface area contributed by atoms with Gasteiger partial charge in [0.25, 0.3) is 0 Å². The molecular weight excluding hydrogens is 148 g/mol. The summed E-state index contributed by atoms with van der Waals surface area (Å²) in [4.78, 5) is 14.9. The number of nitrogens with one attached hydrogen (secondary N) is 2. The van der Waals surface area contributed by atoms with Crippen molar-refractivity contribution in [1.82, 2.24) is 11.0 Å². The molecule has 0 aliphatic heterocycles. The van der Waals surface area contributed by atoms with Crippen LogP contribution < -0.4 is 11.0 Å². The number of carboxylic acids is 1. The summed E-state index contributed by atoms with van der Waals surface area (Å²) < 4.78 is 0. The average molecular weight is 162 g/mol. The summed E-state index contributed by atoms with van der Waals surface area (Å²) in [6.45, 7) is 3.62. The summed E-state index contributed by atoms with van der Waals surface area (Å²) in [5.41, 5.74) is 4.78. The number of hydrogen-bond donors (Lipinski definition) is 3. The molecule has 0 bridgehead atoms. The minimum atomic E-state index is -0.899. The molecule has 0 aromatic carbocycles. The van der Waals surface area contributed by atoms with E-state index in [-0.39, 0.29) is 5.92 Å². The lowest BCUT2D eigenvalue weighted by atomic mass is 10.1. The summed E-state index contributed by atoms with van der Waals surface area (Å²) >= 11 is 0. The molecule has 0 aliphatic carbocycles. The van der Waals surface area contributed by atoms with E-state index >= 15 is 0 Å². The average Bonchev–Trinajstić information content (AvgIpc) is 1.87. The van der Waals surface area contributed by atoms with Gasteiger partial charge in [-0.3, -0.25) is 9.63 Å². The molecule has 0 saturated heterocycles. The Morgan fingerprint density at radius 3 is 2.36 bits per heavy atom. The molecule has 0 aromatic heterocycles. The summed E-state index contributed by atoms with van der Waals surface area (Å²) in [7, 11) is 1.41. The molecular formula is C6H14N2O3. The molecule has 0 amide bonds. The molecule has 5 nitrogen and oxygen atoms in total. The van der Waals surface area contributed by atoms with Crippen LogP contribution in [-0.2, 0) is 9.63 Å². The smallest absolute Gasteiger partial charge is 0.322 e. The molecule has 0 saturated carbocycles. The molecule has 1 unspecified atom stereocenters. The minimum absolute atomic E-state index is 0.00940. The van der Waals surface area contributed by atoms with Gasteiger partial charge in [0.15, 0.2) is 0 Å². The van der Waals surface area contributed by atoms with Crippen molar-refractivity contribution in [2.24, 2.45) is 5.92 Å². The molecule has 0 fully saturated rings. The SMILES string of the molecule is CONNC(C(=O)O)C(C)C. The lowest BCUT2D eigenvalue weighted by Crippen LogP contribution is -2.47. The maximum atomic E-state index is 10.5. The maximum absolute atomic E-state index is 10.5. The molecule has 0 radical (unpaired) electrons. The fourth-order valence-electron chi connectivity index (χ4n) is 0.636. The van der Waals surface area contributed by atoms with Crippen molar-refractivity contribution in [3.63, 3.8) is 0 Å². The first-order valence-corrected chi connectivity index (χ1v) is 3.36. The van der Waals surface area contributed by atoms with E-state index in [1.807, 2.05) is 13.8 Å². The lowest BCUT2D eigenvalue weighted by Gasteiger charge is -2.16.